The molecule has 0 atom stereocenters. The van der Waals surface area contributed by atoms with Gasteiger partial charge in [0, 0.05) is 11.1 Å². The summed E-state index contributed by atoms with van der Waals surface area (Å²) in [6.45, 7) is 3.30. The predicted octanol–water partition coefficient (Wildman–Crippen LogP) is 6.19. The highest BCUT2D eigenvalue weighted by Crippen LogP contribution is 2.32. The lowest BCUT2D eigenvalue weighted by atomic mass is 9.97. The second-order valence-electron chi connectivity index (χ2n) is 5.78. The molecule has 3 aromatic rings. The summed E-state index contributed by atoms with van der Waals surface area (Å²) in [5.74, 6) is -2.81. The van der Waals surface area contributed by atoms with E-state index >= 15 is 0 Å². The Morgan fingerprint density at radius 2 is 1.04 bits per heavy atom. The first kappa shape index (κ1) is 16.2. The van der Waals surface area contributed by atoms with E-state index in [0.717, 1.165) is 11.6 Å². The smallest absolute Gasteiger partial charge is 0.134 e. The van der Waals surface area contributed by atoms with Crippen molar-refractivity contribution in [1.82, 2.24) is 0 Å². The molecule has 0 radical (unpaired) electrons. The van der Waals surface area contributed by atoms with Crippen molar-refractivity contribution in [2.75, 3.05) is 0 Å². The fraction of sp³-hybridized carbons (Fsp3) is 0.100. The van der Waals surface area contributed by atoms with Gasteiger partial charge in [-0.3, -0.25) is 0 Å². The Bertz CT molecular complexity index is 906. The van der Waals surface area contributed by atoms with Gasteiger partial charge in [0.05, 0.1) is 5.56 Å². The molecule has 0 heterocycles. The highest BCUT2D eigenvalue weighted by molar-refractivity contribution is 5.72. The van der Waals surface area contributed by atoms with Gasteiger partial charge in [0.2, 0.25) is 0 Å². The van der Waals surface area contributed by atoms with Crippen molar-refractivity contribution in [3.8, 4) is 22.3 Å². The van der Waals surface area contributed by atoms with Crippen molar-refractivity contribution >= 4 is 0 Å². The van der Waals surface area contributed by atoms with Crippen LogP contribution in [0.3, 0.4) is 0 Å². The lowest BCUT2D eigenvalue weighted by molar-refractivity contribution is 0.586. The Morgan fingerprint density at radius 3 is 1.58 bits per heavy atom. The molecule has 3 aromatic carbocycles. The van der Waals surface area contributed by atoms with E-state index in [0.29, 0.717) is 5.56 Å². The second kappa shape index (κ2) is 6.11. The highest BCUT2D eigenvalue weighted by Gasteiger charge is 2.16. The highest BCUT2D eigenvalue weighted by atomic mass is 19.1. The van der Waals surface area contributed by atoms with Gasteiger partial charge in [0.1, 0.15) is 23.3 Å². The molecule has 122 valence electrons. The van der Waals surface area contributed by atoms with Crippen molar-refractivity contribution in [2.24, 2.45) is 0 Å². The molecule has 0 aromatic heterocycles. The summed E-state index contributed by atoms with van der Waals surface area (Å²) in [5, 5.41) is 0. The second-order valence-corrected chi connectivity index (χ2v) is 5.78. The number of halogens is 4. The molecule has 3 rings (SSSR count). The molecule has 0 N–H and O–H groups in total. The molecule has 0 spiro atoms. The average Bonchev–Trinajstić information content (AvgIpc) is 2.47. The van der Waals surface area contributed by atoms with Gasteiger partial charge in [-0.1, -0.05) is 24.3 Å². The fourth-order valence-corrected chi connectivity index (χ4v) is 2.70. The molecule has 0 amide bonds. The van der Waals surface area contributed by atoms with Crippen LogP contribution in [-0.4, -0.2) is 0 Å². The van der Waals surface area contributed by atoms with E-state index in [1.54, 1.807) is 19.9 Å². The standard InChI is InChI=1S/C20H14F4/c1-11-3-5-14(16(21)7-11)15-6-4-13(10-17(15)22)20-18(23)8-12(2)9-19(20)24/h3-10H,1-2H3. The molecular weight excluding hydrogens is 316 g/mol. The third-order valence-electron chi connectivity index (χ3n) is 3.86. The number of rotatable bonds is 2. The quantitative estimate of drug-likeness (QED) is 0.491. The van der Waals surface area contributed by atoms with Crippen LogP contribution >= 0.6 is 0 Å². The fourth-order valence-electron chi connectivity index (χ4n) is 2.70. The Hall–Kier alpha value is -2.62. The van der Waals surface area contributed by atoms with Gasteiger partial charge in [-0.05, 0) is 54.8 Å². The first-order chi connectivity index (χ1) is 11.4. The van der Waals surface area contributed by atoms with Crippen LogP contribution in [0.15, 0.2) is 48.5 Å². The van der Waals surface area contributed by atoms with Crippen molar-refractivity contribution in [3.05, 3.63) is 82.9 Å². The molecule has 24 heavy (non-hydrogen) atoms. The van der Waals surface area contributed by atoms with Crippen molar-refractivity contribution in [2.45, 2.75) is 13.8 Å². The minimum Gasteiger partial charge on any atom is -0.206 e. The lowest BCUT2D eigenvalue weighted by Gasteiger charge is -2.10. The van der Waals surface area contributed by atoms with Crippen LogP contribution in [0.4, 0.5) is 17.6 Å². The van der Waals surface area contributed by atoms with Crippen LogP contribution in [0.5, 0.6) is 0 Å². The van der Waals surface area contributed by atoms with E-state index in [9.17, 15) is 17.6 Å². The third kappa shape index (κ3) is 2.92. The lowest BCUT2D eigenvalue weighted by Crippen LogP contribution is -1.95. The largest absolute Gasteiger partial charge is 0.206 e. The minimum atomic E-state index is -0.763. The molecule has 0 bridgehead atoms. The van der Waals surface area contributed by atoms with E-state index in [-0.39, 0.29) is 22.3 Å². The van der Waals surface area contributed by atoms with Gasteiger partial charge >= 0.3 is 0 Å². The first-order valence-electron chi connectivity index (χ1n) is 7.39. The van der Waals surface area contributed by atoms with E-state index in [2.05, 4.69) is 0 Å². The van der Waals surface area contributed by atoms with E-state index in [4.69, 9.17) is 0 Å². The topological polar surface area (TPSA) is 0 Å². The van der Waals surface area contributed by atoms with Crippen LogP contribution in [0.25, 0.3) is 22.3 Å². The van der Waals surface area contributed by atoms with E-state index < -0.39 is 23.3 Å². The minimum absolute atomic E-state index is 0.0455. The first-order valence-corrected chi connectivity index (χ1v) is 7.39. The molecule has 0 saturated carbocycles. The zero-order valence-corrected chi connectivity index (χ0v) is 13.1. The monoisotopic (exact) mass is 330 g/mol. The third-order valence-corrected chi connectivity index (χ3v) is 3.86. The number of benzene rings is 3. The van der Waals surface area contributed by atoms with Crippen LogP contribution in [-0.2, 0) is 0 Å². The molecule has 0 aliphatic carbocycles. The maximum atomic E-state index is 14.4. The summed E-state index contributed by atoms with van der Waals surface area (Å²) in [5.41, 5.74) is 1.08. The van der Waals surface area contributed by atoms with Gasteiger partial charge in [-0.25, -0.2) is 17.6 Å². The zero-order chi connectivity index (χ0) is 17.4. The van der Waals surface area contributed by atoms with Gasteiger partial charge in [0.15, 0.2) is 0 Å². The Kier molecular flexibility index (Phi) is 4.14. The summed E-state index contributed by atoms with van der Waals surface area (Å²) in [6.07, 6.45) is 0. The maximum Gasteiger partial charge on any atom is 0.134 e. The summed E-state index contributed by atoms with van der Waals surface area (Å²) >= 11 is 0. The molecule has 0 nitrogen and oxygen atoms in total. The Labute approximate surface area is 137 Å². The van der Waals surface area contributed by atoms with Crippen LogP contribution in [0.1, 0.15) is 11.1 Å². The molecule has 4 heteroatoms. The summed E-state index contributed by atoms with van der Waals surface area (Å²) in [4.78, 5) is 0. The normalized spacial score (nSPS) is 10.9. The van der Waals surface area contributed by atoms with E-state index in [1.807, 2.05) is 0 Å². The van der Waals surface area contributed by atoms with Gasteiger partial charge in [0.25, 0.3) is 0 Å². The van der Waals surface area contributed by atoms with Gasteiger partial charge in [-0.2, -0.15) is 0 Å². The number of aryl methyl sites for hydroxylation is 2. The zero-order valence-electron chi connectivity index (χ0n) is 13.1. The summed E-state index contributed by atoms with van der Waals surface area (Å²) in [6, 6.07) is 10.6. The van der Waals surface area contributed by atoms with Gasteiger partial charge in [-0.15, -0.1) is 0 Å². The molecule has 0 unspecified atom stereocenters. The van der Waals surface area contributed by atoms with E-state index in [1.165, 1.54) is 36.4 Å². The Balaban J connectivity index is 2.11. The van der Waals surface area contributed by atoms with Gasteiger partial charge < -0.3 is 0 Å². The molecule has 0 aliphatic heterocycles. The van der Waals surface area contributed by atoms with Crippen molar-refractivity contribution in [3.63, 3.8) is 0 Å². The van der Waals surface area contributed by atoms with Crippen LogP contribution < -0.4 is 0 Å². The summed E-state index contributed by atoms with van der Waals surface area (Å²) in [7, 11) is 0. The van der Waals surface area contributed by atoms with Crippen LogP contribution in [0.2, 0.25) is 0 Å². The SMILES string of the molecule is Cc1ccc(-c2ccc(-c3c(F)cc(C)cc3F)cc2F)c(F)c1. The number of hydrogen-bond donors (Lipinski definition) is 0. The molecule has 0 aliphatic rings. The Morgan fingerprint density at radius 1 is 0.542 bits per heavy atom. The number of hydrogen-bond acceptors (Lipinski definition) is 0. The summed E-state index contributed by atoms with van der Waals surface area (Å²) < 4.78 is 56.5. The average molecular weight is 330 g/mol. The van der Waals surface area contributed by atoms with Crippen LogP contribution in [0, 0.1) is 37.1 Å². The van der Waals surface area contributed by atoms with Crippen molar-refractivity contribution < 1.29 is 17.6 Å². The van der Waals surface area contributed by atoms with Crippen molar-refractivity contribution in [1.29, 1.82) is 0 Å². The molecule has 0 fully saturated rings. The maximum absolute atomic E-state index is 14.4. The predicted molar refractivity (Wildman–Crippen MR) is 86.6 cm³/mol. The molecular formula is C20H14F4. The molecule has 0 saturated heterocycles.